The molecule has 0 atom stereocenters. The second-order valence-corrected chi connectivity index (χ2v) is 2.67. The van der Waals surface area contributed by atoms with Gasteiger partial charge in [0.2, 0.25) is 5.95 Å². The second kappa shape index (κ2) is 2.76. The molecular weight excluding hydrogens is 194 g/mol. The zero-order chi connectivity index (χ0) is 10.3. The molecule has 1 heterocycles. The lowest BCUT2D eigenvalue weighted by Gasteiger charge is -1.96. The van der Waals surface area contributed by atoms with Crippen molar-refractivity contribution >= 4 is 16.9 Å². The molecule has 6 heteroatoms. The number of halogens is 2. The van der Waals surface area contributed by atoms with Crippen molar-refractivity contribution in [1.82, 2.24) is 10.2 Å². The highest BCUT2D eigenvalue weighted by molar-refractivity contribution is 5.93. The van der Waals surface area contributed by atoms with Gasteiger partial charge in [-0.3, -0.25) is 5.10 Å². The van der Waals surface area contributed by atoms with Crippen LogP contribution in [0.25, 0.3) is 10.9 Å². The molecule has 14 heavy (non-hydrogen) atoms. The van der Waals surface area contributed by atoms with Crippen LogP contribution in [0.5, 0.6) is 0 Å². The third kappa shape index (κ3) is 1.04. The van der Waals surface area contributed by atoms with Crippen molar-refractivity contribution in [2.24, 2.45) is 0 Å². The van der Waals surface area contributed by atoms with E-state index < -0.39 is 23.3 Å². The number of aromatic nitrogens is 2. The van der Waals surface area contributed by atoms with E-state index in [9.17, 15) is 13.6 Å². The average molecular weight is 198 g/mol. The lowest BCUT2D eigenvalue weighted by atomic mass is 10.1. The third-order valence-corrected chi connectivity index (χ3v) is 1.85. The van der Waals surface area contributed by atoms with Crippen LogP contribution in [0.1, 0.15) is 10.4 Å². The molecule has 0 radical (unpaired) electrons. The maximum atomic E-state index is 13.3. The number of aromatic amines is 1. The van der Waals surface area contributed by atoms with Crippen LogP contribution in [0, 0.1) is 11.8 Å². The fourth-order valence-electron chi connectivity index (χ4n) is 1.18. The summed E-state index contributed by atoms with van der Waals surface area (Å²) < 4.78 is 26.1. The summed E-state index contributed by atoms with van der Waals surface area (Å²) in [6.07, 6.45) is 0. The van der Waals surface area contributed by atoms with E-state index in [2.05, 4.69) is 5.10 Å². The lowest BCUT2D eigenvalue weighted by Crippen LogP contribution is -2.00. The normalized spacial score (nSPS) is 10.7. The molecule has 0 unspecified atom stereocenters. The summed E-state index contributed by atoms with van der Waals surface area (Å²) in [6, 6.07) is 2.17. The van der Waals surface area contributed by atoms with Crippen molar-refractivity contribution in [3.63, 3.8) is 0 Å². The Hall–Kier alpha value is -1.98. The lowest BCUT2D eigenvalue weighted by molar-refractivity contribution is 0.0692. The summed E-state index contributed by atoms with van der Waals surface area (Å²) >= 11 is 0. The summed E-state index contributed by atoms with van der Waals surface area (Å²) in [7, 11) is 0. The van der Waals surface area contributed by atoms with Gasteiger partial charge in [-0.2, -0.15) is 9.49 Å². The van der Waals surface area contributed by atoms with E-state index in [1.54, 1.807) is 0 Å². The van der Waals surface area contributed by atoms with Gasteiger partial charge in [0.15, 0.2) is 5.82 Å². The Balaban J connectivity index is 2.82. The Morgan fingerprint density at radius 3 is 2.79 bits per heavy atom. The summed E-state index contributed by atoms with van der Waals surface area (Å²) in [6.45, 7) is 0. The van der Waals surface area contributed by atoms with Gasteiger partial charge in [0, 0.05) is 0 Å². The van der Waals surface area contributed by atoms with Crippen molar-refractivity contribution in [3.8, 4) is 0 Å². The van der Waals surface area contributed by atoms with Crippen LogP contribution < -0.4 is 0 Å². The molecule has 72 valence electrons. The molecule has 0 aliphatic heterocycles. The van der Waals surface area contributed by atoms with E-state index in [4.69, 9.17) is 5.11 Å². The van der Waals surface area contributed by atoms with Gasteiger partial charge < -0.3 is 5.11 Å². The number of rotatable bonds is 1. The van der Waals surface area contributed by atoms with Crippen molar-refractivity contribution in [2.75, 3.05) is 0 Å². The number of hydrogen-bond acceptors (Lipinski definition) is 2. The smallest absolute Gasteiger partial charge is 0.338 e. The highest BCUT2D eigenvalue weighted by atomic mass is 19.1. The Morgan fingerprint density at radius 1 is 1.43 bits per heavy atom. The summed E-state index contributed by atoms with van der Waals surface area (Å²) in [5, 5.41) is 13.8. The van der Waals surface area contributed by atoms with Gasteiger partial charge in [-0.1, -0.05) is 0 Å². The average Bonchev–Trinajstić information content (AvgIpc) is 2.49. The van der Waals surface area contributed by atoms with E-state index >= 15 is 0 Å². The molecule has 4 nitrogen and oxygen atoms in total. The van der Waals surface area contributed by atoms with Gasteiger partial charge in [0.1, 0.15) is 5.52 Å². The molecule has 2 N–H and O–H groups in total. The molecule has 0 amide bonds. The van der Waals surface area contributed by atoms with Crippen LogP contribution in [0.3, 0.4) is 0 Å². The Morgan fingerprint density at radius 2 is 2.14 bits per heavy atom. The summed E-state index contributed by atoms with van der Waals surface area (Å²) in [4.78, 5) is 10.5. The summed E-state index contributed by atoms with van der Waals surface area (Å²) in [5.74, 6) is -3.22. The van der Waals surface area contributed by atoms with Gasteiger partial charge in [-0.15, -0.1) is 0 Å². The predicted octanol–water partition coefficient (Wildman–Crippen LogP) is 1.54. The zero-order valence-electron chi connectivity index (χ0n) is 6.71. The van der Waals surface area contributed by atoms with Crippen molar-refractivity contribution < 1.29 is 18.7 Å². The van der Waals surface area contributed by atoms with E-state index in [0.717, 1.165) is 6.07 Å². The fraction of sp³-hybridized carbons (Fsp3) is 0. The Kier molecular flexibility index (Phi) is 1.70. The van der Waals surface area contributed by atoms with Crippen LogP contribution in [-0.2, 0) is 0 Å². The van der Waals surface area contributed by atoms with Crippen molar-refractivity contribution in [2.45, 2.75) is 0 Å². The number of nitrogens with one attached hydrogen (secondary N) is 1. The molecule has 0 bridgehead atoms. The van der Waals surface area contributed by atoms with Gasteiger partial charge in [-0.25, -0.2) is 9.18 Å². The number of H-pyrrole nitrogens is 1. The van der Waals surface area contributed by atoms with Crippen LogP contribution in [0.15, 0.2) is 12.1 Å². The van der Waals surface area contributed by atoms with Crippen molar-refractivity contribution in [3.05, 3.63) is 29.5 Å². The third-order valence-electron chi connectivity index (χ3n) is 1.85. The first-order chi connectivity index (χ1) is 6.61. The maximum absolute atomic E-state index is 13.3. The monoisotopic (exact) mass is 198 g/mol. The number of hydrogen-bond donors (Lipinski definition) is 2. The summed E-state index contributed by atoms with van der Waals surface area (Å²) in [5.41, 5.74) is -0.827. The maximum Gasteiger partial charge on any atom is 0.338 e. The van der Waals surface area contributed by atoms with Crippen LogP contribution >= 0.6 is 0 Å². The quantitative estimate of drug-likeness (QED) is 0.730. The molecule has 0 aliphatic carbocycles. The molecule has 0 spiro atoms. The number of nitrogens with zero attached hydrogens (tertiary/aromatic N) is 1. The minimum atomic E-state index is -1.41. The minimum Gasteiger partial charge on any atom is -0.478 e. The Bertz CT molecular complexity index is 521. The van der Waals surface area contributed by atoms with Gasteiger partial charge in [-0.05, 0) is 12.1 Å². The van der Waals surface area contributed by atoms with E-state index in [0.29, 0.717) is 0 Å². The van der Waals surface area contributed by atoms with Gasteiger partial charge in [0.25, 0.3) is 0 Å². The first-order valence-electron chi connectivity index (χ1n) is 3.66. The van der Waals surface area contributed by atoms with Gasteiger partial charge in [0.05, 0.1) is 10.9 Å². The zero-order valence-corrected chi connectivity index (χ0v) is 6.71. The number of fused-ring (bicyclic) bond motifs is 1. The largest absolute Gasteiger partial charge is 0.478 e. The molecule has 0 saturated carbocycles. The molecular formula is C8H4F2N2O2. The molecule has 0 fully saturated rings. The highest BCUT2D eigenvalue weighted by Gasteiger charge is 2.17. The second-order valence-electron chi connectivity index (χ2n) is 2.67. The van der Waals surface area contributed by atoms with Gasteiger partial charge >= 0.3 is 5.97 Å². The molecule has 1 aromatic carbocycles. The predicted molar refractivity (Wildman–Crippen MR) is 43.0 cm³/mol. The number of carbonyl (C=O) groups is 1. The molecule has 1 aromatic heterocycles. The minimum absolute atomic E-state index is 0.0625. The van der Waals surface area contributed by atoms with E-state index in [1.165, 1.54) is 6.07 Å². The number of benzene rings is 1. The topological polar surface area (TPSA) is 66.0 Å². The first kappa shape index (κ1) is 8.61. The van der Waals surface area contributed by atoms with Crippen molar-refractivity contribution in [1.29, 1.82) is 0 Å². The number of aromatic carboxylic acids is 1. The molecule has 0 saturated heterocycles. The molecule has 2 rings (SSSR count). The SMILES string of the molecule is O=C(O)c1ccc2c(F)[nH]nc2c1F. The highest BCUT2D eigenvalue weighted by Crippen LogP contribution is 2.20. The standard InChI is InChI=1S/C8H4F2N2O2/c9-5-3(8(13)14)1-2-4-6(5)11-12-7(4)10/h1-2H,(H,11,12)(H,13,14). The molecule has 2 aromatic rings. The van der Waals surface area contributed by atoms with Crippen LogP contribution in [0.2, 0.25) is 0 Å². The van der Waals surface area contributed by atoms with Crippen LogP contribution in [0.4, 0.5) is 8.78 Å². The number of carboxylic acids is 1. The van der Waals surface area contributed by atoms with Crippen LogP contribution in [-0.4, -0.2) is 21.3 Å². The first-order valence-corrected chi connectivity index (χ1v) is 3.66. The molecule has 0 aliphatic rings. The Labute approximate surface area is 76.2 Å². The fourth-order valence-corrected chi connectivity index (χ4v) is 1.18. The van der Waals surface area contributed by atoms with E-state index in [-0.39, 0.29) is 10.9 Å². The van der Waals surface area contributed by atoms with E-state index in [1.807, 2.05) is 5.10 Å². The number of carboxylic acid groups (broad SMARTS) is 1.